The third kappa shape index (κ3) is 12.0. The predicted octanol–water partition coefficient (Wildman–Crippen LogP) is 15.3. The first-order chi connectivity index (χ1) is 31.3. The van der Waals surface area contributed by atoms with Gasteiger partial charge in [0.05, 0.1) is 6.54 Å². The monoisotopic (exact) mass is 838 g/mol. The second kappa shape index (κ2) is 22.9. The Balaban J connectivity index is 0.000000231. The summed E-state index contributed by atoms with van der Waals surface area (Å²) in [4.78, 5) is 4.10. The van der Waals surface area contributed by atoms with E-state index in [1.54, 1.807) is 0 Å². The molecule has 0 aliphatic heterocycles. The van der Waals surface area contributed by atoms with E-state index >= 15 is 0 Å². The number of nitrogens with two attached hydrogens (primary N) is 2. The molecule has 64 heavy (non-hydrogen) atoms. The van der Waals surface area contributed by atoms with Crippen LogP contribution in [0, 0.1) is 12.3 Å². The molecule has 1 aromatic heterocycles. The van der Waals surface area contributed by atoms with E-state index in [1.165, 1.54) is 16.7 Å². The predicted molar refractivity (Wildman–Crippen MR) is 276 cm³/mol. The highest BCUT2D eigenvalue weighted by Crippen LogP contribution is 2.35. The molecule has 1 aliphatic carbocycles. The van der Waals surface area contributed by atoms with Gasteiger partial charge in [0.15, 0.2) is 0 Å². The van der Waals surface area contributed by atoms with Gasteiger partial charge >= 0.3 is 0 Å². The topological polar surface area (TPSA) is 101 Å². The average molecular weight is 839 g/mol. The molecule has 1 heterocycles. The van der Waals surface area contributed by atoms with Crippen LogP contribution in [-0.2, 0) is 6.54 Å². The molecule has 5 nitrogen and oxygen atoms in total. The van der Waals surface area contributed by atoms with E-state index in [1.807, 2.05) is 92.7 Å². The van der Waals surface area contributed by atoms with E-state index in [0.29, 0.717) is 12.2 Å². The van der Waals surface area contributed by atoms with Crippen LogP contribution < -0.4 is 11.5 Å². The maximum Gasteiger partial charge on any atom is 0.135 e. The number of benzene rings is 7. The number of hydrogen-bond acceptors (Lipinski definition) is 4. The first kappa shape index (κ1) is 45.8. The van der Waals surface area contributed by atoms with Crippen molar-refractivity contribution in [2.75, 3.05) is 0 Å². The first-order valence-corrected chi connectivity index (χ1v) is 21.9. The van der Waals surface area contributed by atoms with Crippen LogP contribution in [0.1, 0.15) is 61.4 Å². The van der Waals surface area contributed by atoms with Crippen LogP contribution >= 0.6 is 0 Å². The molecule has 7 aromatic carbocycles. The number of aliphatic imine (C=N–C) groups is 1. The first-order valence-electron chi connectivity index (χ1n) is 21.9. The van der Waals surface area contributed by atoms with Crippen LogP contribution in [-0.4, -0.2) is 12.6 Å². The second-order valence-electron chi connectivity index (χ2n) is 15.3. The molecule has 5 heteroatoms. The normalized spacial score (nSPS) is 12.3. The molecule has 0 fully saturated rings. The molecule has 0 atom stereocenters. The van der Waals surface area contributed by atoms with Crippen molar-refractivity contribution in [1.29, 1.82) is 5.41 Å². The Hall–Kier alpha value is -7.76. The van der Waals surface area contributed by atoms with E-state index < -0.39 is 0 Å². The van der Waals surface area contributed by atoms with Crippen LogP contribution in [0.2, 0.25) is 0 Å². The van der Waals surface area contributed by atoms with Crippen LogP contribution in [0.5, 0.6) is 0 Å². The Bertz CT molecular complexity index is 2860. The summed E-state index contributed by atoms with van der Waals surface area (Å²) in [6.45, 7) is 12.4. The van der Waals surface area contributed by atoms with Gasteiger partial charge in [-0.15, -0.1) is 0 Å². The van der Waals surface area contributed by atoms with Crippen molar-refractivity contribution in [3.05, 3.63) is 234 Å². The number of aryl methyl sites for hydroxylation is 1. The van der Waals surface area contributed by atoms with Crippen molar-refractivity contribution in [3.63, 3.8) is 0 Å². The van der Waals surface area contributed by atoms with Crippen molar-refractivity contribution >= 4 is 51.3 Å². The number of nitrogens with zero attached hydrogens (tertiary/aromatic N) is 1. The molecule has 320 valence electrons. The van der Waals surface area contributed by atoms with Gasteiger partial charge in [0.2, 0.25) is 0 Å². The summed E-state index contributed by atoms with van der Waals surface area (Å²) in [6.07, 6.45) is 9.94. The van der Waals surface area contributed by atoms with Crippen molar-refractivity contribution in [2.24, 2.45) is 16.5 Å². The minimum Gasteiger partial charge on any atom is -0.456 e. The van der Waals surface area contributed by atoms with Gasteiger partial charge in [-0.05, 0) is 137 Å². The smallest absolute Gasteiger partial charge is 0.135 e. The van der Waals surface area contributed by atoms with E-state index in [-0.39, 0.29) is 5.84 Å². The molecule has 0 amide bonds. The summed E-state index contributed by atoms with van der Waals surface area (Å²) in [5, 5.41) is 9.52. The number of fused-ring (bicyclic) bond motifs is 3. The van der Waals surface area contributed by atoms with E-state index in [4.69, 9.17) is 21.3 Å². The number of hydrogen-bond donors (Lipinski definition) is 3. The van der Waals surface area contributed by atoms with Gasteiger partial charge < -0.3 is 15.9 Å². The zero-order valence-electron chi connectivity index (χ0n) is 37.4. The van der Waals surface area contributed by atoms with Crippen LogP contribution in [0.25, 0.3) is 61.0 Å². The number of nitrogens with one attached hydrogen (secondary N) is 1. The van der Waals surface area contributed by atoms with Crippen molar-refractivity contribution in [1.82, 2.24) is 0 Å². The Morgan fingerprint density at radius 1 is 0.609 bits per heavy atom. The molecule has 0 radical (unpaired) electrons. The molecule has 5 N–H and O–H groups in total. The third-order valence-corrected chi connectivity index (χ3v) is 10.9. The minimum atomic E-state index is 0.193. The van der Waals surface area contributed by atoms with Crippen molar-refractivity contribution in [2.45, 2.75) is 47.1 Å². The van der Waals surface area contributed by atoms with Gasteiger partial charge in [-0.1, -0.05) is 177 Å². The molecule has 1 aliphatic rings. The molecule has 8 aromatic rings. The van der Waals surface area contributed by atoms with Crippen molar-refractivity contribution < 1.29 is 4.42 Å². The maximum absolute atomic E-state index is 7.34. The lowest BCUT2D eigenvalue weighted by atomic mass is 9.93. The van der Waals surface area contributed by atoms with Crippen LogP contribution in [0.4, 0.5) is 0 Å². The zero-order valence-corrected chi connectivity index (χ0v) is 37.4. The van der Waals surface area contributed by atoms with E-state index in [0.717, 1.165) is 84.9 Å². The quantitative estimate of drug-likeness (QED) is 0.0766. The van der Waals surface area contributed by atoms with Gasteiger partial charge in [0.1, 0.15) is 17.0 Å². The minimum absolute atomic E-state index is 0.193. The number of allylic oxidation sites excluding steroid dienone is 6. The Labute approximate surface area is 379 Å². The molecule has 0 saturated heterocycles. The highest BCUT2D eigenvalue weighted by molar-refractivity contribution is 6.07. The van der Waals surface area contributed by atoms with Gasteiger partial charge in [-0.3, -0.25) is 10.4 Å². The van der Waals surface area contributed by atoms with Gasteiger partial charge in [-0.2, -0.15) is 0 Å². The summed E-state index contributed by atoms with van der Waals surface area (Å²) < 4.78 is 6.11. The highest BCUT2D eigenvalue weighted by Gasteiger charge is 2.13. The van der Waals surface area contributed by atoms with Crippen molar-refractivity contribution in [3.8, 4) is 22.3 Å². The number of rotatable bonds is 9. The standard InChI is InChI=1S/C37H30N2O.C13H14N2.C7H8.C2H6/c1-25(28-17-19-35-33(23-28)37-29(24-39-2)14-9-15-36(37)40-35)16-18-34(38)32-21-30(26-10-5-3-6-11-26)20-31(22-32)27-12-7-4-8-13-27;14-13(15)12-8-6-11(7-9-12)10-4-2-1-3-5-10;1-7-5-3-2-4-6-7;1-2/h3-23H,2,24,38H2,1H3;1-6,8H,7,9H2,(H3,14,15);2-6H,1H3;1-2H3/b25-16+,34-18-;;;. The second-order valence-corrected chi connectivity index (χ2v) is 15.3. The molecule has 0 spiro atoms. The largest absolute Gasteiger partial charge is 0.456 e. The lowest BCUT2D eigenvalue weighted by molar-refractivity contribution is 0.668. The van der Waals surface area contributed by atoms with E-state index in [9.17, 15) is 0 Å². The Kier molecular flexibility index (Phi) is 16.4. The molecule has 9 rings (SSSR count). The fraction of sp³-hybridized carbons (Fsp3) is 0.119. The highest BCUT2D eigenvalue weighted by atomic mass is 16.3. The molecule has 0 saturated carbocycles. The zero-order chi connectivity index (χ0) is 45.3. The SMILES string of the molecule is C=NCc1cccc2oc3ccc(/C(C)=C/C=C(\N)c4cc(-c5ccccc5)cc(-c5ccccc5)c4)cc3c12.CC.Cc1ccccc1.N=C(N)C1=CC=C(c2ccccc2)CC1. The lowest BCUT2D eigenvalue weighted by Gasteiger charge is -2.13. The fourth-order valence-corrected chi connectivity index (χ4v) is 7.48. The van der Waals surface area contributed by atoms with E-state index in [2.05, 4.69) is 147 Å². The molecule has 0 unspecified atom stereocenters. The van der Waals surface area contributed by atoms with Crippen LogP contribution in [0.15, 0.2) is 215 Å². The Morgan fingerprint density at radius 3 is 1.70 bits per heavy atom. The summed E-state index contributed by atoms with van der Waals surface area (Å²) >= 11 is 0. The van der Waals surface area contributed by atoms with Gasteiger partial charge in [0, 0.05) is 16.5 Å². The average Bonchev–Trinajstić information content (AvgIpc) is 3.74. The molecule has 0 bridgehead atoms. The fourth-order valence-electron chi connectivity index (χ4n) is 7.48. The number of amidine groups is 1. The molecular weight excluding hydrogens is 781 g/mol. The summed E-state index contributed by atoms with van der Waals surface area (Å²) in [6, 6.07) is 60.4. The summed E-state index contributed by atoms with van der Waals surface area (Å²) in [5.74, 6) is 0.193. The maximum atomic E-state index is 7.34. The lowest BCUT2D eigenvalue weighted by Crippen LogP contribution is -2.14. The van der Waals surface area contributed by atoms with Gasteiger partial charge in [0.25, 0.3) is 0 Å². The van der Waals surface area contributed by atoms with Gasteiger partial charge in [-0.25, -0.2) is 0 Å². The molecular formula is C59H58N4O. The van der Waals surface area contributed by atoms with Crippen LogP contribution in [0.3, 0.4) is 0 Å². The third-order valence-electron chi connectivity index (χ3n) is 10.9. The summed E-state index contributed by atoms with van der Waals surface area (Å²) in [5.41, 5.74) is 28.3. The summed E-state index contributed by atoms with van der Waals surface area (Å²) in [7, 11) is 0. The Morgan fingerprint density at radius 2 is 1.19 bits per heavy atom. The number of furan rings is 1.